The molecule has 2 N–H and O–H groups in total. The van der Waals surface area contributed by atoms with Gasteiger partial charge in [-0.1, -0.05) is 49.2 Å². The highest BCUT2D eigenvalue weighted by Crippen LogP contribution is 2.26. The monoisotopic (exact) mass is 386 g/mol. The minimum atomic E-state index is -0.474. The standard InChI is InChI=1S/C20H26N4O2S/c1-13-8-6-7-11-16(13)21-18(25)12-17-19(26)22-20(27-17)24-23-14(2)15-9-4-3-5-10-15/h6-8,11,15,17H,3-5,9-10,12H2,1-2H3,(H,21,25)(H,22,24,26)/b23-14+. The van der Waals surface area contributed by atoms with Crippen LogP contribution in [0.5, 0.6) is 0 Å². The van der Waals surface area contributed by atoms with Gasteiger partial charge in [0.05, 0.1) is 0 Å². The number of rotatable bonds is 5. The van der Waals surface area contributed by atoms with E-state index in [9.17, 15) is 9.59 Å². The Morgan fingerprint density at radius 3 is 2.74 bits per heavy atom. The molecule has 1 aliphatic heterocycles. The SMILES string of the molecule is C/C(=N\N=C1\NC(=O)C(CC(=O)Nc2ccccc2C)S1)C1CCCCC1. The molecule has 0 aromatic heterocycles. The number of benzene rings is 1. The maximum absolute atomic E-state index is 12.3. The summed E-state index contributed by atoms with van der Waals surface area (Å²) in [5.74, 6) is 0.130. The van der Waals surface area contributed by atoms with Crippen molar-refractivity contribution in [2.75, 3.05) is 5.32 Å². The fraction of sp³-hybridized carbons (Fsp3) is 0.500. The summed E-state index contributed by atoms with van der Waals surface area (Å²) in [5.41, 5.74) is 2.79. The molecule has 27 heavy (non-hydrogen) atoms. The summed E-state index contributed by atoms with van der Waals surface area (Å²) < 4.78 is 0. The summed E-state index contributed by atoms with van der Waals surface area (Å²) in [7, 11) is 0. The number of nitrogens with one attached hydrogen (secondary N) is 2. The second-order valence-electron chi connectivity index (χ2n) is 7.14. The summed E-state index contributed by atoms with van der Waals surface area (Å²) in [5, 5.41) is 14.1. The van der Waals surface area contributed by atoms with Crippen LogP contribution in [0.15, 0.2) is 34.5 Å². The number of thioether (sulfide) groups is 1. The number of carbonyl (C=O) groups excluding carboxylic acids is 2. The van der Waals surface area contributed by atoms with Gasteiger partial charge in [0.1, 0.15) is 5.25 Å². The fourth-order valence-corrected chi connectivity index (χ4v) is 4.31. The smallest absolute Gasteiger partial charge is 0.240 e. The van der Waals surface area contributed by atoms with E-state index < -0.39 is 5.25 Å². The number of anilines is 1. The molecule has 144 valence electrons. The van der Waals surface area contributed by atoms with Crippen molar-refractivity contribution in [2.45, 2.75) is 57.6 Å². The lowest BCUT2D eigenvalue weighted by Gasteiger charge is -2.20. The number of amides is 2. The molecule has 0 radical (unpaired) electrons. The average Bonchev–Trinajstić information content (AvgIpc) is 3.01. The number of amidine groups is 1. The molecule has 0 spiro atoms. The van der Waals surface area contributed by atoms with Crippen LogP contribution in [-0.4, -0.2) is 27.9 Å². The summed E-state index contributed by atoms with van der Waals surface area (Å²) in [6.45, 7) is 3.94. The van der Waals surface area contributed by atoms with Crippen LogP contribution in [0.1, 0.15) is 51.0 Å². The van der Waals surface area contributed by atoms with Crippen LogP contribution in [0.25, 0.3) is 0 Å². The first-order chi connectivity index (χ1) is 13.0. The Kier molecular flexibility index (Phi) is 6.66. The van der Waals surface area contributed by atoms with Crippen LogP contribution >= 0.6 is 11.8 Å². The van der Waals surface area contributed by atoms with Gasteiger partial charge < -0.3 is 10.6 Å². The molecule has 1 aromatic carbocycles. The highest BCUT2D eigenvalue weighted by atomic mass is 32.2. The third kappa shape index (κ3) is 5.42. The molecule has 2 fully saturated rings. The lowest BCUT2D eigenvalue weighted by atomic mass is 9.86. The number of hydrogen-bond donors (Lipinski definition) is 2. The van der Waals surface area contributed by atoms with Crippen LogP contribution < -0.4 is 10.6 Å². The molecule has 0 bridgehead atoms. The van der Waals surface area contributed by atoms with Crippen LogP contribution in [0, 0.1) is 12.8 Å². The highest BCUT2D eigenvalue weighted by molar-refractivity contribution is 8.15. The zero-order valence-electron chi connectivity index (χ0n) is 15.8. The van der Waals surface area contributed by atoms with Gasteiger partial charge in [-0.15, -0.1) is 5.10 Å². The quantitative estimate of drug-likeness (QED) is 0.595. The van der Waals surface area contributed by atoms with E-state index in [-0.39, 0.29) is 18.2 Å². The summed E-state index contributed by atoms with van der Waals surface area (Å²) in [6.07, 6.45) is 6.24. The van der Waals surface area contributed by atoms with Crippen LogP contribution in [0.4, 0.5) is 5.69 Å². The Morgan fingerprint density at radius 2 is 2.00 bits per heavy atom. The van der Waals surface area contributed by atoms with Crippen molar-refractivity contribution < 1.29 is 9.59 Å². The first-order valence-corrected chi connectivity index (χ1v) is 10.4. The van der Waals surface area contributed by atoms with E-state index >= 15 is 0 Å². The Bertz CT molecular complexity index is 769. The number of aryl methyl sites for hydroxylation is 1. The Morgan fingerprint density at radius 1 is 1.26 bits per heavy atom. The number of carbonyl (C=O) groups is 2. The molecule has 2 amide bonds. The second kappa shape index (κ2) is 9.17. The molecular formula is C20H26N4O2S. The normalized spacial score (nSPS) is 22.7. The van der Waals surface area contributed by atoms with Gasteiger partial charge in [0, 0.05) is 17.8 Å². The largest absolute Gasteiger partial charge is 0.326 e. The molecule has 6 nitrogen and oxygen atoms in total. The van der Waals surface area contributed by atoms with Crippen molar-refractivity contribution in [3.8, 4) is 0 Å². The minimum absolute atomic E-state index is 0.106. The van der Waals surface area contributed by atoms with E-state index in [1.807, 2.05) is 38.1 Å². The molecule has 1 saturated carbocycles. The average molecular weight is 387 g/mol. The van der Waals surface area contributed by atoms with Gasteiger partial charge in [-0.25, -0.2) is 0 Å². The van der Waals surface area contributed by atoms with E-state index in [1.54, 1.807) is 0 Å². The number of hydrogen-bond acceptors (Lipinski definition) is 5. The van der Waals surface area contributed by atoms with E-state index in [4.69, 9.17) is 0 Å². The molecule has 1 unspecified atom stereocenters. The highest BCUT2D eigenvalue weighted by Gasteiger charge is 2.32. The van der Waals surface area contributed by atoms with Gasteiger partial charge in [-0.05, 0) is 44.2 Å². The predicted molar refractivity (Wildman–Crippen MR) is 111 cm³/mol. The molecule has 1 saturated heterocycles. The third-order valence-corrected chi connectivity index (χ3v) is 6.13. The number of nitrogens with zero attached hydrogens (tertiary/aromatic N) is 2. The lowest BCUT2D eigenvalue weighted by Crippen LogP contribution is -2.28. The van der Waals surface area contributed by atoms with Gasteiger partial charge in [0.25, 0.3) is 0 Å². The predicted octanol–water partition coefficient (Wildman–Crippen LogP) is 3.87. The molecular weight excluding hydrogens is 360 g/mol. The van der Waals surface area contributed by atoms with E-state index in [0.29, 0.717) is 11.1 Å². The first-order valence-electron chi connectivity index (χ1n) is 9.48. The third-order valence-electron chi connectivity index (χ3n) is 5.06. The van der Waals surface area contributed by atoms with Gasteiger partial charge in [0.2, 0.25) is 11.8 Å². The molecule has 3 rings (SSSR count). The summed E-state index contributed by atoms with van der Waals surface area (Å²) >= 11 is 1.27. The van der Waals surface area contributed by atoms with Gasteiger partial charge in [0.15, 0.2) is 5.17 Å². The first kappa shape index (κ1) is 19.6. The van der Waals surface area contributed by atoms with E-state index in [0.717, 1.165) is 17.0 Å². The zero-order valence-corrected chi connectivity index (χ0v) is 16.6. The maximum atomic E-state index is 12.3. The molecule has 7 heteroatoms. The minimum Gasteiger partial charge on any atom is -0.326 e. The Balaban J connectivity index is 1.55. The Hall–Kier alpha value is -2.15. The molecule has 2 aliphatic rings. The van der Waals surface area contributed by atoms with Crippen LogP contribution in [-0.2, 0) is 9.59 Å². The molecule has 1 heterocycles. The van der Waals surface area contributed by atoms with E-state index in [1.165, 1.54) is 43.9 Å². The lowest BCUT2D eigenvalue weighted by molar-refractivity contribution is -0.122. The molecule has 1 aromatic rings. The topological polar surface area (TPSA) is 82.9 Å². The maximum Gasteiger partial charge on any atom is 0.240 e. The van der Waals surface area contributed by atoms with Gasteiger partial charge in [-0.3, -0.25) is 9.59 Å². The molecule has 1 atom stereocenters. The van der Waals surface area contributed by atoms with Crippen molar-refractivity contribution >= 4 is 40.1 Å². The van der Waals surface area contributed by atoms with Crippen molar-refractivity contribution in [1.82, 2.24) is 5.32 Å². The van der Waals surface area contributed by atoms with Crippen LogP contribution in [0.2, 0.25) is 0 Å². The summed E-state index contributed by atoms with van der Waals surface area (Å²) in [6, 6.07) is 7.58. The van der Waals surface area contributed by atoms with Crippen LogP contribution in [0.3, 0.4) is 0 Å². The van der Waals surface area contributed by atoms with Crippen molar-refractivity contribution in [3.05, 3.63) is 29.8 Å². The van der Waals surface area contributed by atoms with Crippen molar-refractivity contribution in [3.63, 3.8) is 0 Å². The van der Waals surface area contributed by atoms with Gasteiger partial charge >= 0.3 is 0 Å². The zero-order chi connectivity index (χ0) is 19.2. The fourth-order valence-electron chi connectivity index (χ4n) is 3.40. The Labute approximate surface area is 164 Å². The van der Waals surface area contributed by atoms with Gasteiger partial charge in [-0.2, -0.15) is 5.10 Å². The van der Waals surface area contributed by atoms with E-state index in [2.05, 4.69) is 20.8 Å². The van der Waals surface area contributed by atoms with Crippen molar-refractivity contribution in [2.24, 2.45) is 16.1 Å². The number of para-hydroxylation sites is 1. The summed E-state index contributed by atoms with van der Waals surface area (Å²) in [4.78, 5) is 24.4. The second-order valence-corrected chi connectivity index (χ2v) is 8.34. The molecule has 1 aliphatic carbocycles. The van der Waals surface area contributed by atoms with Crippen molar-refractivity contribution in [1.29, 1.82) is 0 Å².